The molecule has 0 spiro atoms. The first-order valence-electron chi connectivity index (χ1n) is 6.06. The molecule has 1 atom stereocenters. The smallest absolute Gasteiger partial charge is 0.335 e. The van der Waals surface area contributed by atoms with E-state index in [1.807, 2.05) is 6.92 Å². The number of carbonyl (C=O) groups is 1. The van der Waals surface area contributed by atoms with Crippen molar-refractivity contribution in [1.29, 1.82) is 0 Å². The van der Waals surface area contributed by atoms with E-state index in [4.69, 9.17) is 5.11 Å². The van der Waals surface area contributed by atoms with E-state index in [0.29, 0.717) is 5.69 Å². The molecule has 2 N–H and O–H groups in total. The highest BCUT2D eigenvalue weighted by Crippen LogP contribution is 2.18. The van der Waals surface area contributed by atoms with Crippen LogP contribution in [0, 0.1) is 6.92 Å². The Labute approximate surface area is 113 Å². The second-order valence-corrected chi connectivity index (χ2v) is 6.98. The van der Waals surface area contributed by atoms with E-state index in [1.54, 1.807) is 19.9 Å². The molecule has 1 rings (SSSR count). The highest BCUT2D eigenvalue weighted by Gasteiger charge is 2.15. The minimum Gasteiger partial charge on any atom is -0.478 e. The first-order chi connectivity index (χ1) is 8.75. The van der Waals surface area contributed by atoms with Gasteiger partial charge < -0.3 is 10.4 Å². The molecule has 1 aromatic carbocycles. The van der Waals surface area contributed by atoms with E-state index in [0.717, 1.165) is 5.56 Å². The van der Waals surface area contributed by atoms with E-state index in [9.17, 15) is 13.2 Å². The molecule has 1 unspecified atom stereocenters. The third-order valence-electron chi connectivity index (χ3n) is 2.83. The number of nitrogens with one attached hydrogen (secondary N) is 1. The van der Waals surface area contributed by atoms with Gasteiger partial charge in [-0.3, -0.25) is 0 Å². The van der Waals surface area contributed by atoms with Crippen LogP contribution < -0.4 is 5.32 Å². The summed E-state index contributed by atoms with van der Waals surface area (Å²) < 4.78 is 23.1. The lowest BCUT2D eigenvalue weighted by Gasteiger charge is -2.17. The van der Waals surface area contributed by atoms with Crippen molar-refractivity contribution in [2.75, 3.05) is 16.8 Å². The molecule has 0 radical (unpaired) electrons. The summed E-state index contributed by atoms with van der Waals surface area (Å²) in [6.07, 6.45) is 0. The second kappa shape index (κ2) is 6.06. The zero-order valence-corrected chi connectivity index (χ0v) is 12.1. The molecule has 0 saturated carbocycles. The van der Waals surface area contributed by atoms with Gasteiger partial charge in [0.25, 0.3) is 0 Å². The Morgan fingerprint density at radius 2 is 2.05 bits per heavy atom. The molecular formula is C13H19NO4S. The van der Waals surface area contributed by atoms with Crippen LogP contribution in [0.2, 0.25) is 0 Å². The topological polar surface area (TPSA) is 83.5 Å². The van der Waals surface area contributed by atoms with Gasteiger partial charge in [0.05, 0.1) is 11.3 Å². The maximum absolute atomic E-state index is 11.5. The number of hydrogen-bond donors (Lipinski definition) is 2. The number of rotatable bonds is 6. The van der Waals surface area contributed by atoms with Gasteiger partial charge in [0, 0.05) is 17.5 Å². The van der Waals surface area contributed by atoms with Crippen LogP contribution in [0.3, 0.4) is 0 Å². The highest BCUT2D eigenvalue weighted by molar-refractivity contribution is 7.91. The van der Waals surface area contributed by atoms with E-state index in [1.165, 1.54) is 12.1 Å². The van der Waals surface area contributed by atoms with Crippen LogP contribution in [0.4, 0.5) is 5.69 Å². The summed E-state index contributed by atoms with van der Waals surface area (Å²) >= 11 is 0. The second-order valence-electron chi connectivity index (χ2n) is 4.58. The number of hydrogen-bond acceptors (Lipinski definition) is 4. The van der Waals surface area contributed by atoms with Crippen LogP contribution in [0.1, 0.15) is 29.8 Å². The molecule has 0 saturated heterocycles. The Morgan fingerprint density at radius 3 is 2.58 bits per heavy atom. The first kappa shape index (κ1) is 15.5. The molecule has 0 aliphatic rings. The number of aromatic carboxylic acids is 1. The van der Waals surface area contributed by atoms with E-state index in [-0.39, 0.29) is 23.1 Å². The largest absolute Gasteiger partial charge is 0.478 e. The average Bonchev–Trinajstić information content (AvgIpc) is 2.31. The summed E-state index contributed by atoms with van der Waals surface area (Å²) in [5.74, 6) is -0.871. The Kier molecular flexibility index (Phi) is 4.94. The van der Waals surface area contributed by atoms with Gasteiger partial charge in [0.1, 0.15) is 0 Å². The van der Waals surface area contributed by atoms with E-state index < -0.39 is 15.8 Å². The lowest BCUT2D eigenvalue weighted by Crippen LogP contribution is -2.27. The summed E-state index contributed by atoms with van der Waals surface area (Å²) in [6, 6.07) is 4.48. The van der Waals surface area contributed by atoms with E-state index in [2.05, 4.69) is 5.32 Å². The molecule has 19 heavy (non-hydrogen) atoms. The maximum atomic E-state index is 11.5. The van der Waals surface area contributed by atoms with Crippen LogP contribution >= 0.6 is 0 Å². The monoisotopic (exact) mass is 285 g/mol. The fourth-order valence-corrected chi connectivity index (χ4v) is 2.80. The molecule has 0 bridgehead atoms. The third kappa shape index (κ3) is 4.55. The molecule has 0 heterocycles. The van der Waals surface area contributed by atoms with Crippen molar-refractivity contribution in [2.45, 2.75) is 26.8 Å². The number of carboxylic acids is 1. The van der Waals surface area contributed by atoms with E-state index >= 15 is 0 Å². The molecule has 0 aromatic heterocycles. The Hall–Kier alpha value is -1.56. The lowest BCUT2D eigenvalue weighted by atomic mass is 10.1. The normalized spacial score (nSPS) is 13.0. The number of benzene rings is 1. The molecule has 0 aliphatic heterocycles. The molecule has 6 heteroatoms. The predicted molar refractivity (Wildman–Crippen MR) is 75.6 cm³/mol. The summed E-state index contributed by atoms with van der Waals surface area (Å²) in [5, 5.41) is 12.0. The SMILES string of the molecule is CCS(=O)(=O)CC(C)Nc1cc(C(=O)O)ccc1C. The molecule has 0 amide bonds. The van der Waals surface area contributed by atoms with Crippen molar-refractivity contribution >= 4 is 21.5 Å². The molecule has 0 aliphatic carbocycles. The zero-order chi connectivity index (χ0) is 14.6. The van der Waals surface area contributed by atoms with Crippen molar-refractivity contribution in [2.24, 2.45) is 0 Å². The summed E-state index contributed by atoms with van der Waals surface area (Å²) in [4.78, 5) is 10.9. The summed E-state index contributed by atoms with van der Waals surface area (Å²) in [6.45, 7) is 5.22. The van der Waals surface area contributed by atoms with Gasteiger partial charge in [0.2, 0.25) is 0 Å². The standard InChI is InChI=1S/C13H19NO4S/c1-4-19(17,18)8-10(3)14-12-7-11(13(15)16)6-5-9(12)2/h5-7,10,14H,4,8H2,1-3H3,(H,15,16). The molecular weight excluding hydrogens is 266 g/mol. The van der Waals surface area contributed by atoms with Gasteiger partial charge in [0.15, 0.2) is 9.84 Å². The number of carboxylic acid groups (broad SMARTS) is 1. The lowest BCUT2D eigenvalue weighted by molar-refractivity contribution is 0.0697. The zero-order valence-electron chi connectivity index (χ0n) is 11.3. The first-order valence-corrected chi connectivity index (χ1v) is 7.88. The van der Waals surface area contributed by atoms with Crippen molar-refractivity contribution in [3.63, 3.8) is 0 Å². The molecule has 1 aromatic rings. The van der Waals surface area contributed by atoms with Gasteiger partial charge in [-0.2, -0.15) is 0 Å². The van der Waals surface area contributed by atoms with Crippen LogP contribution in [0.25, 0.3) is 0 Å². The Bertz CT molecular complexity index is 566. The minimum atomic E-state index is -3.06. The third-order valence-corrected chi connectivity index (χ3v) is 4.72. The molecule has 106 valence electrons. The van der Waals surface area contributed by atoms with Crippen molar-refractivity contribution in [3.8, 4) is 0 Å². The highest BCUT2D eigenvalue weighted by atomic mass is 32.2. The Balaban J connectivity index is 2.87. The number of anilines is 1. The average molecular weight is 285 g/mol. The van der Waals surface area contributed by atoms with Crippen molar-refractivity contribution in [1.82, 2.24) is 0 Å². The van der Waals surface area contributed by atoms with Gasteiger partial charge in [-0.05, 0) is 31.5 Å². The van der Waals surface area contributed by atoms with Gasteiger partial charge in [-0.25, -0.2) is 13.2 Å². The van der Waals surface area contributed by atoms with Crippen LogP contribution in [-0.4, -0.2) is 37.0 Å². The fraction of sp³-hybridized carbons (Fsp3) is 0.462. The van der Waals surface area contributed by atoms with Gasteiger partial charge >= 0.3 is 5.97 Å². The van der Waals surface area contributed by atoms with Crippen LogP contribution in [0.15, 0.2) is 18.2 Å². The van der Waals surface area contributed by atoms with Gasteiger partial charge in [-0.1, -0.05) is 13.0 Å². The predicted octanol–water partition coefficient (Wildman–Crippen LogP) is 1.93. The Morgan fingerprint density at radius 1 is 1.42 bits per heavy atom. The van der Waals surface area contributed by atoms with Crippen LogP contribution in [0.5, 0.6) is 0 Å². The van der Waals surface area contributed by atoms with Crippen molar-refractivity contribution in [3.05, 3.63) is 29.3 Å². The number of sulfone groups is 1. The number of aryl methyl sites for hydroxylation is 1. The fourth-order valence-electron chi connectivity index (χ4n) is 1.72. The summed E-state index contributed by atoms with van der Waals surface area (Å²) in [7, 11) is -3.06. The molecule has 5 nitrogen and oxygen atoms in total. The van der Waals surface area contributed by atoms with Crippen molar-refractivity contribution < 1.29 is 18.3 Å². The van der Waals surface area contributed by atoms with Crippen LogP contribution in [-0.2, 0) is 9.84 Å². The van der Waals surface area contributed by atoms with Gasteiger partial charge in [-0.15, -0.1) is 0 Å². The minimum absolute atomic E-state index is 0.0280. The quantitative estimate of drug-likeness (QED) is 0.834. The summed E-state index contributed by atoms with van der Waals surface area (Å²) in [5.41, 5.74) is 1.71. The molecule has 0 fully saturated rings. The maximum Gasteiger partial charge on any atom is 0.335 e.